The van der Waals surface area contributed by atoms with Crippen LogP contribution in [-0.2, 0) is 19.3 Å². The summed E-state index contributed by atoms with van der Waals surface area (Å²) >= 11 is 0. The molecule has 2 heterocycles. The van der Waals surface area contributed by atoms with Gasteiger partial charge in [-0.2, -0.15) is 0 Å². The summed E-state index contributed by atoms with van der Waals surface area (Å²) in [6, 6.07) is 18.0. The van der Waals surface area contributed by atoms with E-state index in [4.69, 9.17) is 4.98 Å². The molecule has 2 nitrogen and oxygen atoms in total. The molecule has 0 aliphatic heterocycles. The summed E-state index contributed by atoms with van der Waals surface area (Å²) in [5.74, 6) is 0.543. The van der Waals surface area contributed by atoms with Crippen molar-refractivity contribution in [3.05, 3.63) is 83.2 Å². The maximum absolute atomic E-state index is 5.00. The van der Waals surface area contributed by atoms with Crippen molar-refractivity contribution in [2.75, 3.05) is 0 Å². The third-order valence-electron chi connectivity index (χ3n) is 6.67. The number of unbranched alkanes of at least 4 members (excludes halogenated alkanes) is 1. The molecule has 0 unspecified atom stereocenters. The molecule has 0 aliphatic rings. The maximum atomic E-state index is 5.00. The van der Waals surface area contributed by atoms with Crippen molar-refractivity contribution in [3.63, 3.8) is 0 Å². The second-order valence-electron chi connectivity index (χ2n) is 9.12. The topological polar surface area (TPSA) is 17.8 Å². The highest BCUT2D eigenvalue weighted by Gasteiger charge is 2.15. The second kappa shape index (κ2) is 9.73. The number of benzene rings is 2. The SMILES string of the molecule is CCCCc1cn(-c2ccc(C(C)C)cc2)c2cnc(-c3c(CC)cccc3CC)cc12. The summed E-state index contributed by atoms with van der Waals surface area (Å²) in [7, 11) is 0. The highest BCUT2D eigenvalue weighted by Crippen LogP contribution is 2.33. The molecular weight excluding hydrogens is 388 g/mol. The Morgan fingerprint density at radius 1 is 0.875 bits per heavy atom. The Labute approximate surface area is 193 Å². The highest BCUT2D eigenvalue weighted by atomic mass is 15.0. The quantitative estimate of drug-likeness (QED) is 0.278. The van der Waals surface area contributed by atoms with E-state index in [9.17, 15) is 0 Å². The summed E-state index contributed by atoms with van der Waals surface area (Å²) in [5.41, 5.74) is 10.4. The minimum atomic E-state index is 0.543. The van der Waals surface area contributed by atoms with Gasteiger partial charge in [0.1, 0.15) is 0 Å². The lowest BCUT2D eigenvalue weighted by atomic mass is 9.94. The van der Waals surface area contributed by atoms with Crippen LogP contribution in [0, 0.1) is 0 Å². The van der Waals surface area contributed by atoms with E-state index in [-0.39, 0.29) is 0 Å². The average molecular weight is 425 g/mol. The first-order valence-corrected chi connectivity index (χ1v) is 12.3. The summed E-state index contributed by atoms with van der Waals surface area (Å²) in [5, 5.41) is 1.34. The molecule has 0 atom stereocenters. The van der Waals surface area contributed by atoms with Gasteiger partial charge in [-0.25, -0.2) is 0 Å². The van der Waals surface area contributed by atoms with E-state index >= 15 is 0 Å². The van der Waals surface area contributed by atoms with Crippen LogP contribution in [0.15, 0.2) is 60.9 Å². The van der Waals surface area contributed by atoms with Gasteiger partial charge in [-0.05, 0) is 72.1 Å². The lowest BCUT2D eigenvalue weighted by Gasteiger charge is -2.13. The number of aromatic nitrogens is 2. The molecule has 0 fully saturated rings. The first-order valence-electron chi connectivity index (χ1n) is 12.3. The van der Waals surface area contributed by atoms with Crippen molar-refractivity contribution in [2.45, 2.75) is 72.6 Å². The fraction of sp³-hybridized carbons (Fsp3) is 0.367. The summed E-state index contributed by atoms with van der Waals surface area (Å²) in [4.78, 5) is 5.00. The Morgan fingerprint density at radius 2 is 1.56 bits per heavy atom. The van der Waals surface area contributed by atoms with E-state index < -0.39 is 0 Å². The fourth-order valence-corrected chi connectivity index (χ4v) is 4.70. The van der Waals surface area contributed by atoms with Gasteiger partial charge in [0.2, 0.25) is 0 Å². The van der Waals surface area contributed by atoms with Crippen LogP contribution in [0.3, 0.4) is 0 Å². The van der Waals surface area contributed by atoms with E-state index in [0.29, 0.717) is 5.92 Å². The first kappa shape index (κ1) is 22.3. The van der Waals surface area contributed by atoms with Crippen LogP contribution >= 0.6 is 0 Å². The number of nitrogens with zero attached hydrogens (tertiary/aromatic N) is 2. The predicted molar refractivity (Wildman–Crippen MR) is 138 cm³/mol. The van der Waals surface area contributed by atoms with Gasteiger partial charge in [-0.15, -0.1) is 0 Å². The average Bonchev–Trinajstić information content (AvgIpc) is 3.19. The van der Waals surface area contributed by atoms with Crippen LogP contribution in [0.1, 0.15) is 75.6 Å². The van der Waals surface area contributed by atoms with E-state index in [1.807, 2.05) is 0 Å². The Balaban J connectivity index is 1.88. The normalized spacial score (nSPS) is 11.6. The standard InChI is InChI=1S/C30H36N2/c1-6-9-11-25-20-32(26-16-14-24(15-17-26)21(4)5)29-19-31-28(18-27(25)29)30-22(7-2)12-10-13-23(30)8-3/h10,12-21H,6-9,11H2,1-5H3. The van der Waals surface area contributed by atoms with Gasteiger partial charge in [-0.3, -0.25) is 4.98 Å². The Hall–Kier alpha value is -2.87. The summed E-state index contributed by atoms with van der Waals surface area (Å²) in [6.07, 6.45) is 9.97. The first-order chi connectivity index (χ1) is 15.6. The van der Waals surface area contributed by atoms with Gasteiger partial charge in [0.25, 0.3) is 0 Å². The fourth-order valence-electron chi connectivity index (χ4n) is 4.70. The van der Waals surface area contributed by atoms with E-state index in [1.165, 1.54) is 57.2 Å². The molecule has 0 amide bonds. The zero-order valence-electron chi connectivity index (χ0n) is 20.3. The van der Waals surface area contributed by atoms with Crippen LogP contribution < -0.4 is 0 Å². The van der Waals surface area contributed by atoms with Gasteiger partial charge in [0.05, 0.1) is 17.4 Å². The molecule has 0 saturated heterocycles. The number of hydrogen-bond donors (Lipinski definition) is 0. The number of rotatable bonds is 8. The molecule has 4 aromatic rings. The van der Waals surface area contributed by atoms with Crippen LogP contribution in [0.2, 0.25) is 0 Å². The van der Waals surface area contributed by atoms with Gasteiger partial charge in [0, 0.05) is 22.8 Å². The zero-order valence-corrected chi connectivity index (χ0v) is 20.3. The van der Waals surface area contributed by atoms with Crippen molar-refractivity contribution in [2.24, 2.45) is 0 Å². The Morgan fingerprint density at radius 3 is 2.16 bits per heavy atom. The molecule has 0 radical (unpaired) electrons. The molecule has 2 aromatic heterocycles. The minimum absolute atomic E-state index is 0.543. The third-order valence-corrected chi connectivity index (χ3v) is 6.67. The van der Waals surface area contributed by atoms with Crippen molar-refractivity contribution in [1.82, 2.24) is 9.55 Å². The largest absolute Gasteiger partial charge is 0.315 e. The summed E-state index contributed by atoms with van der Waals surface area (Å²) < 4.78 is 2.33. The monoisotopic (exact) mass is 424 g/mol. The number of hydrogen-bond acceptors (Lipinski definition) is 1. The minimum Gasteiger partial charge on any atom is -0.315 e. The van der Waals surface area contributed by atoms with E-state index in [0.717, 1.165) is 25.0 Å². The third kappa shape index (κ3) is 4.24. The molecule has 0 aliphatic carbocycles. The number of pyridine rings is 1. The lowest BCUT2D eigenvalue weighted by Crippen LogP contribution is -1.97. The molecule has 0 N–H and O–H groups in total. The molecule has 4 rings (SSSR count). The van der Waals surface area contributed by atoms with Crippen molar-refractivity contribution >= 4 is 10.9 Å². The summed E-state index contributed by atoms with van der Waals surface area (Å²) in [6.45, 7) is 11.2. The molecule has 0 spiro atoms. The number of fused-ring (bicyclic) bond motifs is 1. The van der Waals surface area contributed by atoms with Crippen molar-refractivity contribution < 1.29 is 0 Å². The smallest absolute Gasteiger partial charge is 0.0715 e. The molecule has 0 bridgehead atoms. The van der Waals surface area contributed by atoms with Crippen molar-refractivity contribution in [1.29, 1.82) is 0 Å². The lowest BCUT2D eigenvalue weighted by molar-refractivity contribution is 0.797. The zero-order chi connectivity index (χ0) is 22.7. The molecule has 0 saturated carbocycles. The van der Waals surface area contributed by atoms with E-state index in [2.05, 4.69) is 100 Å². The molecule has 32 heavy (non-hydrogen) atoms. The highest BCUT2D eigenvalue weighted by molar-refractivity contribution is 5.89. The van der Waals surface area contributed by atoms with Crippen LogP contribution in [0.5, 0.6) is 0 Å². The molecular formula is C30H36N2. The molecule has 2 aromatic carbocycles. The van der Waals surface area contributed by atoms with Crippen LogP contribution in [0.25, 0.3) is 27.8 Å². The van der Waals surface area contributed by atoms with Gasteiger partial charge in [0.15, 0.2) is 0 Å². The second-order valence-corrected chi connectivity index (χ2v) is 9.12. The number of aryl methyl sites for hydroxylation is 3. The van der Waals surface area contributed by atoms with Crippen molar-refractivity contribution in [3.8, 4) is 16.9 Å². The van der Waals surface area contributed by atoms with Gasteiger partial charge < -0.3 is 4.57 Å². The van der Waals surface area contributed by atoms with Crippen LogP contribution in [-0.4, -0.2) is 9.55 Å². The van der Waals surface area contributed by atoms with Gasteiger partial charge >= 0.3 is 0 Å². The Kier molecular flexibility index (Phi) is 6.79. The Bertz CT molecular complexity index is 1170. The van der Waals surface area contributed by atoms with Gasteiger partial charge in [-0.1, -0.05) is 71.4 Å². The maximum Gasteiger partial charge on any atom is 0.0715 e. The molecule has 166 valence electrons. The van der Waals surface area contributed by atoms with Crippen LogP contribution in [0.4, 0.5) is 0 Å². The predicted octanol–water partition coefficient (Wildman–Crippen LogP) is 8.28. The molecule has 2 heteroatoms. The van der Waals surface area contributed by atoms with E-state index in [1.54, 1.807) is 0 Å².